The predicted octanol–water partition coefficient (Wildman–Crippen LogP) is 9.90. The minimum absolute atomic E-state index is 0.00407. The first-order valence-electron chi connectivity index (χ1n) is 20.2. The van der Waals surface area contributed by atoms with Crippen molar-refractivity contribution < 1.29 is 19.5 Å². The van der Waals surface area contributed by atoms with E-state index in [1.807, 2.05) is 76.0 Å². The van der Waals surface area contributed by atoms with Gasteiger partial charge in [-0.25, -0.2) is 9.67 Å². The third-order valence-electron chi connectivity index (χ3n) is 10.6. The number of ether oxygens (including phenoxy) is 1. The molecular formula is C47H46ClN7O5. The molecule has 13 heteroatoms. The fourth-order valence-electron chi connectivity index (χ4n) is 7.65. The van der Waals surface area contributed by atoms with Crippen LogP contribution in [0.15, 0.2) is 140 Å². The number of unbranched alkanes of at least 4 members (excludes halogenated alkanes) is 3. The molecule has 0 aliphatic heterocycles. The lowest BCUT2D eigenvalue weighted by Gasteiger charge is -2.36. The van der Waals surface area contributed by atoms with Gasteiger partial charge in [0.15, 0.2) is 11.0 Å². The number of tetrazole rings is 1. The van der Waals surface area contributed by atoms with Crippen molar-refractivity contribution in [2.24, 2.45) is 0 Å². The van der Waals surface area contributed by atoms with Crippen LogP contribution in [-0.2, 0) is 39.5 Å². The van der Waals surface area contributed by atoms with Gasteiger partial charge in [0.1, 0.15) is 18.0 Å². The number of nitrogens with zero attached hydrogens (tertiary/aromatic N) is 7. The maximum atomic E-state index is 12.6. The summed E-state index contributed by atoms with van der Waals surface area (Å²) in [6.45, 7) is 2.60. The Kier molecular flexibility index (Phi) is 13.7. The Morgan fingerprint density at radius 2 is 1.37 bits per heavy atom. The SMILES string of the molecule is CCCCc1nc(Cl)c(COC(=O)CCCCCO[N+](=O)[O-])n1Cc1ccc(-c2ccccc2-c2nnnn2C(c2ccccc2)(c2ccccc2)c2ccccc2)cc1. The summed E-state index contributed by atoms with van der Waals surface area (Å²) in [7, 11) is 0. The molecular weight excluding hydrogens is 778 g/mol. The zero-order valence-electron chi connectivity index (χ0n) is 33.4. The van der Waals surface area contributed by atoms with Crippen molar-refractivity contribution in [2.75, 3.05) is 6.61 Å². The van der Waals surface area contributed by atoms with E-state index in [1.54, 1.807) is 0 Å². The smallest absolute Gasteiger partial charge is 0.306 e. The summed E-state index contributed by atoms with van der Waals surface area (Å²) in [5, 5.41) is 23.7. The summed E-state index contributed by atoms with van der Waals surface area (Å²) in [4.78, 5) is 32.0. The maximum absolute atomic E-state index is 12.6. The van der Waals surface area contributed by atoms with Crippen LogP contribution in [0.1, 0.15) is 79.2 Å². The molecule has 0 saturated carbocycles. The number of rotatable bonds is 20. The maximum Gasteiger partial charge on any atom is 0.306 e. The predicted molar refractivity (Wildman–Crippen MR) is 229 cm³/mol. The molecule has 0 radical (unpaired) electrons. The first-order chi connectivity index (χ1) is 29.4. The number of imidazole rings is 1. The topological polar surface area (TPSA) is 140 Å². The molecule has 0 spiro atoms. The van der Waals surface area contributed by atoms with Crippen LogP contribution in [0.25, 0.3) is 22.5 Å². The van der Waals surface area contributed by atoms with Gasteiger partial charge < -0.3 is 14.1 Å². The Labute approximate surface area is 353 Å². The third-order valence-corrected chi connectivity index (χ3v) is 10.9. The second-order valence-corrected chi connectivity index (χ2v) is 14.8. The number of halogens is 1. The molecule has 0 N–H and O–H groups in total. The van der Waals surface area contributed by atoms with Crippen molar-refractivity contribution in [2.45, 2.75) is 70.6 Å². The highest BCUT2D eigenvalue weighted by Gasteiger charge is 2.42. The summed E-state index contributed by atoms with van der Waals surface area (Å²) >= 11 is 6.69. The zero-order valence-corrected chi connectivity index (χ0v) is 34.2. The number of hydrogen-bond donors (Lipinski definition) is 0. The van der Waals surface area contributed by atoms with Crippen LogP contribution in [0.4, 0.5) is 0 Å². The summed E-state index contributed by atoms with van der Waals surface area (Å²) < 4.78 is 9.65. The molecule has 0 atom stereocenters. The number of aromatic nitrogens is 6. The van der Waals surface area contributed by atoms with Crippen LogP contribution in [0.3, 0.4) is 0 Å². The summed E-state index contributed by atoms with van der Waals surface area (Å²) in [5.41, 5.74) is 6.64. The van der Waals surface area contributed by atoms with Crippen molar-refractivity contribution in [1.82, 2.24) is 29.8 Å². The van der Waals surface area contributed by atoms with E-state index < -0.39 is 10.6 Å². The Hall–Kier alpha value is -6.66. The van der Waals surface area contributed by atoms with Crippen LogP contribution in [0.5, 0.6) is 0 Å². The van der Waals surface area contributed by atoms with Crippen LogP contribution < -0.4 is 0 Å². The fraction of sp³-hybridized carbons (Fsp3) is 0.255. The molecule has 0 unspecified atom stereocenters. The number of hydrogen-bond acceptors (Lipinski definition) is 9. The molecule has 12 nitrogen and oxygen atoms in total. The molecule has 0 saturated heterocycles. The second kappa shape index (κ2) is 19.9. The van der Waals surface area contributed by atoms with Gasteiger partial charge in [-0.1, -0.05) is 171 Å². The molecule has 60 heavy (non-hydrogen) atoms. The monoisotopic (exact) mass is 823 g/mol. The molecule has 0 bridgehead atoms. The molecule has 0 amide bonds. The van der Waals surface area contributed by atoms with E-state index in [0.717, 1.165) is 64.0 Å². The molecule has 7 rings (SSSR count). The van der Waals surface area contributed by atoms with Gasteiger partial charge in [-0.05, 0) is 63.1 Å². The molecule has 2 aromatic heterocycles. The standard InChI is InChI=1S/C47H46ClN7O5/c1-2-3-26-43-49-45(48)42(34-59-44(56)27-14-7-17-32-60-55(57)58)53(43)33-35-28-30-36(31-29-35)40-24-15-16-25-41(40)46-50-51-52-54(46)47(37-18-8-4-9-19-37,38-20-10-5-11-21-38)39-22-12-6-13-23-39/h4-6,8-13,15-16,18-25,28-31H,2-3,7,14,17,26-27,32-34H2,1H3. The lowest BCUT2D eigenvalue weighted by atomic mass is 9.77. The van der Waals surface area contributed by atoms with Crippen molar-refractivity contribution in [3.8, 4) is 22.5 Å². The molecule has 5 aromatic carbocycles. The normalized spacial score (nSPS) is 11.4. The third kappa shape index (κ3) is 9.29. The second-order valence-electron chi connectivity index (χ2n) is 14.4. The quantitative estimate of drug-likeness (QED) is 0.0242. The van der Waals surface area contributed by atoms with E-state index in [0.29, 0.717) is 42.5 Å². The average Bonchev–Trinajstić information content (AvgIpc) is 3.89. The van der Waals surface area contributed by atoms with Gasteiger partial charge in [0, 0.05) is 24.9 Å². The van der Waals surface area contributed by atoms with E-state index >= 15 is 0 Å². The van der Waals surface area contributed by atoms with Gasteiger partial charge in [0.2, 0.25) is 0 Å². The number of aryl methyl sites for hydroxylation is 1. The van der Waals surface area contributed by atoms with E-state index in [4.69, 9.17) is 26.6 Å². The van der Waals surface area contributed by atoms with E-state index in [-0.39, 0.29) is 25.6 Å². The summed E-state index contributed by atoms with van der Waals surface area (Å²) in [6, 6.07) is 47.6. The number of carbonyl (C=O) groups is 1. The molecule has 7 aromatic rings. The summed E-state index contributed by atoms with van der Waals surface area (Å²) in [5.74, 6) is 1.08. The highest BCUT2D eigenvalue weighted by molar-refractivity contribution is 6.30. The molecule has 0 aliphatic carbocycles. The Bertz CT molecular complexity index is 2380. The van der Waals surface area contributed by atoms with Crippen molar-refractivity contribution in [1.29, 1.82) is 0 Å². The number of carbonyl (C=O) groups excluding carboxylic acids is 1. The van der Waals surface area contributed by atoms with Crippen LogP contribution >= 0.6 is 11.6 Å². The first kappa shape index (κ1) is 41.5. The van der Waals surface area contributed by atoms with Crippen LogP contribution in [0.2, 0.25) is 5.15 Å². The Morgan fingerprint density at radius 1 is 0.767 bits per heavy atom. The van der Waals surface area contributed by atoms with Crippen LogP contribution in [0, 0.1) is 10.1 Å². The largest absolute Gasteiger partial charge is 0.459 e. The van der Waals surface area contributed by atoms with Gasteiger partial charge in [0.25, 0.3) is 5.09 Å². The van der Waals surface area contributed by atoms with Crippen molar-refractivity contribution in [3.63, 3.8) is 0 Å². The lowest BCUT2D eigenvalue weighted by molar-refractivity contribution is -0.757. The van der Waals surface area contributed by atoms with E-state index in [9.17, 15) is 14.9 Å². The first-order valence-corrected chi connectivity index (χ1v) is 20.6. The highest BCUT2D eigenvalue weighted by Crippen LogP contribution is 2.43. The van der Waals surface area contributed by atoms with Gasteiger partial charge >= 0.3 is 5.97 Å². The van der Waals surface area contributed by atoms with Crippen LogP contribution in [-0.4, -0.2) is 47.4 Å². The van der Waals surface area contributed by atoms with Gasteiger partial charge in [0.05, 0.1) is 12.3 Å². The Morgan fingerprint density at radius 3 is 1.97 bits per heavy atom. The van der Waals surface area contributed by atoms with Crippen molar-refractivity contribution in [3.05, 3.63) is 189 Å². The van der Waals surface area contributed by atoms with E-state index in [2.05, 4.69) is 94.8 Å². The minimum atomic E-state index is -0.899. The zero-order chi connectivity index (χ0) is 41.7. The molecule has 0 fully saturated rings. The van der Waals surface area contributed by atoms with Gasteiger partial charge in [-0.3, -0.25) is 4.79 Å². The van der Waals surface area contributed by atoms with Crippen molar-refractivity contribution >= 4 is 17.6 Å². The molecule has 2 heterocycles. The van der Waals surface area contributed by atoms with Gasteiger partial charge in [-0.15, -0.1) is 15.2 Å². The molecule has 0 aliphatic rings. The molecule has 306 valence electrons. The minimum Gasteiger partial charge on any atom is -0.459 e. The van der Waals surface area contributed by atoms with E-state index in [1.165, 1.54) is 0 Å². The van der Waals surface area contributed by atoms with Gasteiger partial charge in [-0.2, -0.15) is 0 Å². The Balaban J connectivity index is 1.18. The summed E-state index contributed by atoms with van der Waals surface area (Å²) in [6.07, 6.45) is 4.46. The fourth-order valence-corrected chi connectivity index (χ4v) is 7.91. The number of benzene rings is 5. The lowest BCUT2D eigenvalue weighted by Crippen LogP contribution is -2.39. The number of esters is 1. The highest BCUT2D eigenvalue weighted by atomic mass is 35.5. The average molecular weight is 824 g/mol.